The Kier molecular flexibility index (Phi) is 5.78. The molecular formula is CH3IOS3. The lowest BCUT2D eigenvalue weighted by atomic mass is 11.8. The van der Waals surface area contributed by atoms with Crippen molar-refractivity contribution in [3.8, 4) is 0 Å². The van der Waals surface area contributed by atoms with Crippen LogP contribution in [0.25, 0.3) is 0 Å². The molecule has 0 amide bonds. The van der Waals surface area contributed by atoms with Crippen molar-refractivity contribution in [2.24, 2.45) is 0 Å². The van der Waals surface area contributed by atoms with Gasteiger partial charge in [-0.05, 0) is 22.4 Å². The van der Waals surface area contributed by atoms with Crippen LogP contribution in [0.4, 0.5) is 0 Å². The molecule has 0 aliphatic heterocycles. The summed E-state index contributed by atoms with van der Waals surface area (Å²) >= 11 is 11.1. The summed E-state index contributed by atoms with van der Waals surface area (Å²) in [5, 5.41) is 0. The van der Waals surface area contributed by atoms with Crippen molar-refractivity contribution >= 4 is 53.3 Å². The first-order valence-corrected chi connectivity index (χ1v) is 5.92. The maximum atomic E-state index is 4.72. The Hall–Kier alpha value is 1.48. The predicted molar refractivity (Wildman–Crippen MR) is 43.5 cm³/mol. The Morgan fingerprint density at radius 2 is 2.17 bits per heavy atom. The largest absolute Gasteiger partial charge is 0.302 e. The van der Waals surface area contributed by atoms with Gasteiger partial charge in [-0.3, -0.25) is 0 Å². The highest BCUT2D eigenvalue weighted by atomic mass is 127. The number of alkyl halides is 1. The third-order valence-electron chi connectivity index (χ3n) is 0.154. The first-order valence-electron chi connectivity index (χ1n) is 1.10. The van der Waals surface area contributed by atoms with Crippen LogP contribution in [0, 0.1) is 0 Å². The lowest BCUT2D eigenvalue weighted by molar-refractivity contribution is 0.482. The number of rotatable bonds is 2. The van der Waals surface area contributed by atoms with E-state index in [0.717, 1.165) is 0 Å². The van der Waals surface area contributed by atoms with Gasteiger partial charge in [0.1, 0.15) is 4.61 Å². The van der Waals surface area contributed by atoms with Crippen LogP contribution in [0.1, 0.15) is 0 Å². The van der Waals surface area contributed by atoms with Crippen LogP contribution in [-0.2, 0) is 34.9 Å². The fraction of sp³-hybridized carbons (Fsp3) is 1.00. The van der Waals surface area contributed by atoms with E-state index in [2.05, 4.69) is 45.0 Å². The van der Waals surface area contributed by atoms with Gasteiger partial charge in [-0.2, -0.15) is 0 Å². The molecule has 0 saturated carbocycles. The Bertz CT molecular complexity index is 78.8. The second kappa shape index (κ2) is 4.63. The molecule has 38 valence electrons. The Labute approximate surface area is 61.6 Å². The molecular weight excluding hydrogens is 251 g/mol. The Balaban J connectivity index is 3.07. The van der Waals surface area contributed by atoms with Crippen molar-refractivity contribution in [1.82, 2.24) is 0 Å². The molecule has 0 aromatic heterocycles. The van der Waals surface area contributed by atoms with Gasteiger partial charge in [-0.15, -0.1) is 0 Å². The molecule has 0 fully saturated rings. The van der Waals surface area contributed by atoms with Crippen LogP contribution in [0.3, 0.4) is 0 Å². The summed E-state index contributed by atoms with van der Waals surface area (Å²) in [7, 11) is -0.941. The summed E-state index contributed by atoms with van der Waals surface area (Å²) in [6.07, 6.45) is 0. The smallest absolute Gasteiger partial charge is 0.113 e. The molecule has 0 heterocycles. The molecule has 0 aliphatic rings. The molecule has 0 unspecified atom stereocenters. The van der Waals surface area contributed by atoms with Gasteiger partial charge in [-0.1, -0.05) is 22.6 Å². The van der Waals surface area contributed by atoms with E-state index in [-0.39, 0.29) is 0 Å². The standard InChI is InChI=1S/CH3IOS3/c2-1-3-6(4)5/h6H,1H2. The van der Waals surface area contributed by atoms with Gasteiger partial charge in [0.05, 0.1) is 0 Å². The van der Waals surface area contributed by atoms with E-state index < -0.39 is 8.29 Å². The molecule has 5 heteroatoms. The zero-order chi connectivity index (χ0) is 4.99. The zero-order valence-corrected chi connectivity index (χ0v) is 7.44. The highest BCUT2D eigenvalue weighted by Gasteiger charge is 1.67. The van der Waals surface area contributed by atoms with Gasteiger partial charge in [0.15, 0.2) is 0 Å². The number of thiol groups is 1. The van der Waals surface area contributed by atoms with Gasteiger partial charge in [0.2, 0.25) is 0 Å². The van der Waals surface area contributed by atoms with Crippen LogP contribution in [0.15, 0.2) is 0 Å². The van der Waals surface area contributed by atoms with Gasteiger partial charge < -0.3 is 4.18 Å². The van der Waals surface area contributed by atoms with E-state index in [1.807, 2.05) is 0 Å². The minimum absolute atomic E-state index is 0.621. The topological polar surface area (TPSA) is 9.23 Å². The van der Waals surface area contributed by atoms with Gasteiger partial charge >= 0.3 is 0 Å². The molecule has 0 saturated heterocycles. The number of hydrogen-bond acceptors (Lipinski definition) is 3. The van der Waals surface area contributed by atoms with E-state index >= 15 is 0 Å². The first kappa shape index (κ1) is 7.48. The van der Waals surface area contributed by atoms with E-state index in [0.29, 0.717) is 4.61 Å². The molecule has 0 radical (unpaired) electrons. The maximum absolute atomic E-state index is 4.72. The summed E-state index contributed by atoms with van der Waals surface area (Å²) in [6.45, 7) is 0. The maximum Gasteiger partial charge on any atom is 0.113 e. The molecule has 6 heavy (non-hydrogen) atoms. The third-order valence-corrected chi connectivity index (χ3v) is 1.93. The van der Waals surface area contributed by atoms with E-state index in [9.17, 15) is 0 Å². The summed E-state index contributed by atoms with van der Waals surface area (Å²) in [5.41, 5.74) is 0. The van der Waals surface area contributed by atoms with Crippen molar-refractivity contribution in [2.45, 2.75) is 0 Å². The van der Waals surface area contributed by atoms with E-state index in [1.165, 1.54) is 0 Å². The third kappa shape index (κ3) is 5.48. The molecule has 0 atom stereocenters. The summed E-state index contributed by atoms with van der Waals surface area (Å²) in [4.78, 5) is 0. The van der Waals surface area contributed by atoms with Crippen molar-refractivity contribution in [3.63, 3.8) is 0 Å². The average molecular weight is 254 g/mol. The molecule has 0 aromatic carbocycles. The number of halogens is 1. The Morgan fingerprint density at radius 3 is 2.17 bits per heavy atom. The summed E-state index contributed by atoms with van der Waals surface area (Å²) in [6, 6.07) is 0. The highest BCUT2D eigenvalue weighted by molar-refractivity contribution is 14.1. The van der Waals surface area contributed by atoms with Gasteiger partial charge in [0, 0.05) is 8.29 Å². The van der Waals surface area contributed by atoms with Crippen LogP contribution < -0.4 is 0 Å². The fourth-order valence-electron chi connectivity index (χ4n) is 0.0398. The quantitative estimate of drug-likeness (QED) is 0.439. The van der Waals surface area contributed by atoms with E-state index in [4.69, 9.17) is 4.18 Å². The predicted octanol–water partition coefficient (Wildman–Crippen LogP) is 0.585. The van der Waals surface area contributed by atoms with Crippen LogP contribution in [0.2, 0.25) is 0 Å². The molecule has 0 spiro atoms. The lowest BCUT2D eigenvalue weighted by Gasteiger charge is -1.82. The van der Waals surface area contributed by atoms with Crippen LogP contribution >= 0.6 is 22.6 Å². The second-order valence-electron chi connectivity index (χ2n) is 0.462. The van der Waals surface area contributed by atoms with Gasteiger partial charge in [0.25, 0.3) is 0 Å². The van der Waals surface area contributed by atoms with Crippen LogP contribution in [-0.4, -0.2) is 4.61 Å². The van der Waals surface area contributed by atoms with Crippen molar-refractivity contribution in [2.75, 3.05) is 4.61 Å². The highest BCUT2D eigenvalue weighted by Crippen LogP contribution is 1.81. The molecule has 0 aliphatic carbocycles. The van der Waals surface area contributed by atoms with Gasteiger partial charge in [-0.25, -0.2) is 0 Å². The second-order valence-corrected chi connectivity index (χ2v) is 4.47. The average Bonchev–Trinajstić information content (AvgIpc) is 1.35. The number of hydrogen-bond donors (Lipinski definition) is 1. The summed E-state index contributed by atoms with van der Waals surface area (Å²) in [5.74, 6) is 0. The van der Waals surface area contributed by atoms with Crippen molar-refractivity contribution in [1.29, 1.82) is 0 Å². The fourth-order valence-corrected chi connectivity index (χ4v) is 2.41. The molecule has 0 rings (SSSR count). The minimum Gasteiger partial charge on any atom is -0.302 e. The van der Waals surface area contributed by atoms with Crippen molar-refractivity contribution < 1.29 is 4.18 Å². The monoisotopic (exact) mass is 254 g/mol. The summed E-state index contributed by atoms with van der Waals surface area (Å²) < 4.78 is 5.34. The molecule has 1 nitrogen and oxygen atoms in total. The normalized spacial score (nSPS) is 9.67. The molecule has 0 aromatic rings. The lowest BCUT2D eigenvalue weighted by Crippen LogP contribution is -1.76. The zero-order valence-electron chi connectivity index (χ0n) is 2.76. The first-order chi connectivity index (χ1) is 2.77. The van der Waals surface area contributed by atoms with Crippen LogP contribution in [0.5, 0.6) is 0 Å². The van der Waals surface area contributed by atoms with E-state index in [1.54, 1.807) is 0 Å². The SMILES string of the molecule is S=[SH](=S)OCI. The molecule has 0 N–H and O–H groups in total. The minimum atomic E-state index is -0.941. The van der Waals surface area contributed by atoms with Crippen molar-refractivity contribution in [3.05, 3.63) is 0 Å². The Morgan fingerprint density at radius 1 is 1.67 bits per heavy atom. The molecule has 0 bridgehead atoms.